The monoisotopic (exact) mass is 480 g/mol. The first-order valence-electron chi connectivity index (χ1n) is 11.4. The van der Waals surface area contributed by atoms with Gasteiger partial charge in [0.05, 0.1) is 7.11 Å². The summed E-state index contributed by atoms with van der Waals surface area (Å²) in [6.45, 7) is 8.35. The average Bonchev–Trinajstić information content (AvgIpc) is 2.80. The number of benzene rings is 3. The Morgan fingerprint density at radius 2 is 1.24 bits per heavy atom. The second-order valence-electron chi connectivity index (χ2n) is 8.41. The SMILES string of the molecule is COc1ccc(CC(=NP(=O)(Oc2ccccc2)Oc2ccccc2)N(C(C)C)C(C)C)cc1. The van der Waals surface area contributed by atoms with Crippen LogP contribution in [0.4, 0.5) is 0 Å². The summed E-state index contributed by atoms with van der Waals surface area (Å²) in [7, 11) is -2.35. The van der Waals surface area contributed by atoms with Crippen LogP contribution in [0.2, 0.25) is 0 Å². The van der Waals surface area contributed by atoms with E-state index in [1.54, 1.807) is 31.4 Å². The zero-order valence-corrected chi connectivity index (χ0v) is 21.3. The van der Waals surface area contributed by atoms with Gasteiger partial charge in [-0.2, -0.15) is 0 Å². The fourth-order valence-electron chi connectivity index (χ4n) is 3.73. The van der Waals surface area contributed by atoms with Crippen molar-refractivity contribution in [1.82, 2.24) is 4.90 Å². The highest BCUT2D eigenvalue weighted by Gasteiger charge is 2.32. The van der Waals surface area contributed by atoms with Crippen LogP contribution in [-0.2, 0) is 11.0 Å². The Balaban J connectivity index is 2.07. The Kier molecular flexibility index (Phi) is 8.78. The number of hydrogen-bond donors (Lipinski definition) is 0. The average molecular weight is 481 g/mol. The minimum Gasteiger partial charge on any atom is -0.497 e. The van der Waals surface area contributed by atoms with E-state index in [1.807, 2.05) is 60.7 Å². The molecule has 0 spiro atoms. The fraction of sp³-hybridized carbons (Fsp3) is 0.296. The first kappa shape index (κ1) is 25.4. The topological polar surface area (TPSA) is 60.4 Å². The van der Waals surface area contributed by atoms with E-state index in [0.29, 0.717) is 23.8 Å². The number of nitrogens with zero attached hydrogens (tertiary/aromatic N) is 2. The number of rotatable bonds is 10. The van der Waals surface area contributed by atoms with Crippen molar-refractivity contribution in [3.05, 3.63) is 90.5 Å². The van der Waals surface area contributed by atoms with Crippen LogP contribution in [0.15, 0.2) is 89.7 Å². The molecule has 0 aliphatic rings. The Bertz CT molecular complexity index is 1050. The highest BCUT2D eigenvalue weighted by Crippen LogP contribution is 2.50. The van der Waals surface area contributed by atoms with Crippen molar-refractivity contribution in [1.29, 1.82) is 0 Å². The van der Waals surface area contributed by atoms with E-state index in [9.17, 15) is 4.57 Å². The molecule has 3 rings (SSSR count). The molecule has 0 saturated carbocycles. The Morgan fingerprint density at radius 3 is 1.65 bits per heavy atom. The maximum absolute atomic E-state index is 14.1. The van der Waals surface area contributed by atoms with Gasteiger partial charge in [-0.1, -0.05) is 48.5 Å². The van der Waals surface area contributed by atoms with Crippen LogP contribution in [0.5, 0.6) is 17.2 Å². The summed E-state index contributed by atoms with van der Waals surface area (Å²) in [6.07, 6.45) is 0.459. The lowest BCUT2D eigenvalue weighted by atomic mass is 10.1. The Hall–Kier alpha value is -3.24. The third kappa shape index (κ3) is 7.13. The normalized spacial score (nSPS) is 12.0. The molecule has 0 atom stereocenters. The maximum atomic E-state index is 14.1. The van der Waals surface area contributed by atoms with E-state index in [-0.39, 0.29) is 12.1 Å². The smallest absolute Gasteiger partial charge is 0.497 e. The number of para-hydroxylation sites is 2. The molecule has 7 heteroatoms. The van der Waals surface area contributed by atoms with Crippen molar-refractivity contribution >= 4 is 13.6 Å². The summed E-state index contributed by atoms with van der Waals surface area (Å²) in [6, 6.07) is 26.0. The Morgan fingerprint density at radius 1 is 0.765 bits per heavy atom. The molecule has 0 heterocycles. The lowest BCUT2D eigenvalue weighted by molar-refractivity contribution is 0.287. The number of methoxy groups -OCH3 is 1. The molecule has 180 valence electrons. The van der Waals surface area contributed by atoms with Crippen LogP contribution < -0.4 is 13.8 Å². The first-order valence-corrected chi connectivity index (χ1v) is 12.9. The Labute approximate surface area is 202 Å². The van der Waals surface area contributed by atoms with Gasteiger partial charge in [-0.25, -0.2) is 4.57 Å². The number of ether oxygens (including phenoxy) is 1. The predicted octanol–water partition coefficient (Wildman–Crippen LogP) is 7.02. The second-order valence-corrected chi connectivity index (χ2v) is 9.92. The fourth-order valence-corrected chi connectivity index (χ4v) is 5.08. The van der Waals surface area contributed by atoms with Crippen LogP contribution in [0.25, 0.3) is 0 Å². The first-order chi connectivity index (χ1) is 16.3. The van der Waals surface area contributed by atoms with Gasteiger partial charge < -0.3 is 18.7 Å². The minimum absolute atomic E-state index is 0.124. The van der Waals surface area contributed by atoms with Gasteiger partial charge in [-0.15, -0.1) is 4.76 Å². The molecule has 0 saturated heterocycles. The van der Waals surface area contributed by atoms with Crippen molar-refractivity contribution in [2.45, 2.75) is 46.2 Å². The van der Waals surface area contributed by atoms with E-state index in [2.05, 4.69) is 32.6 Å². The lowest BCUT2D eigenvalue weighted by Gasteiger charge is -2.34. The third-order valence-electron chi connectivity index (χ3n) is 5.10. The second kappa shape index (κ2) is 11.8. The third-order valence-corrected chi connectivity index (χ3v) is 6.46. The summed E-state index contributed by atoms with van der Waals surface area (Å²) in [5, 5.41) is 0. The van der Waals surface area contributed by atoms with Gasteiger partial charge in [-0.3, -0.25) is 0 Å². The van der Waals surface area contributed by atoms with Crippen molar-refractivity contribution in [2.24, 2.45) is 4.76 Å². The van der Waals surface area contributed by atoms with Crippen molar-refractivity contribution in [3.63, 3.8) is 0 Å². The standard InChI is InChI=1S/C27H33N2O4P/c1-21(2)29(22(3)4)27(20-23-16-18-24(31-5)19-17-23)28-34(30,32-25-12-8-6-9-13-25)33-26-14-10-7-11-15-26/h6-19,21-22H,20H2,1-5H3. The van der Waals surface area contributed by atoms with Crippen LogP contribution in [-0.4, -0.2) is 29.9 Å². The predicted molar refractivity (Wildman–Crippen MR) is 138 cm³/mol. The van der Waals surface area contributed by atoms with Gasteiger partial charge in [0.25, 0.3) is 0 Å². The van der Waals surface area contributed by atoms with Gasteiger partial charge >= 0.3 is 7.75 Å². The van der Waals surface area contributed by atoms with Crippen molar-refractivity contribution in [2.75, 3.05) is 7.11 Å². The largest absolute Gasteiger partial charge is 0.564 e. The van der Waals surface area contributed by atoms with E-state index < -0.39 is 7.75 Å². The van der Waals surface area contributed by atoms with E-state index in [0.717, 1.165) is 11.3 Å². The van der Waals surface area contributed by atoms with Crippen LogP contribution in [0, 0.1) is 0 Å². The molecule has 0 unspecified atom stereocenters. The molecule has 0 fully saturated rings. The van der Waals surface area contributed by atoms with E-state index >= 15 is 0 Å². The van der Waals surface area contributed by atoms with Crippen molar-refractivity contribution in [3.8, 4) is 17.2 Å². The molecule has 34 heavy (non-hydrogen) atoms. The molecule has 0 aromatic heterocycles. The zero-order valence-electron chi connectivity index (χ0n) is 20.4. The van der Waals surface area contributed by atoms with Gasteiger partial charge in [0, 0.05) is 18.5 Å². The van der Waals surface area contributed by atoms with Gasteiger partial charge in [-0.05, 0) is 69.7 Å². The summed E-state index contributed by atoms with van der Waals surface area (Å²) in [4.78, 5) is 2.14. The molecule has 3 aromatic rings. The minimum atomic E-state index is -3.98. The molecule has 0 N–H and O–H groups in total. The number of hydrogen-bond acceptors (Lipinski definition) is 4. The summed E-state index contributed by atoms with van der Waals surface area (Å²) >= 11 is 0. The van der Waals surface area contributed by atoms with E-state index in [1.165, 1.54) is 0 Å². The molecular weight excluding hydrogens is 447 g/mol. The molecule has 0 amide bonds. The summed E-state index contributed by atoms with van der Waals surface area (Å²) in [5.41, 5.74) is 1.01. The molecule has 0 bridgehead atoms. The maximum Gasteiger partial charge on any atom is 0.564 e. The molecule has 0 aliphatic heterocycles. The summed E-state index contributed by atoms with van der Waals surface area (Å²) < 4.78 is 36.0. The lowest BCUT2D eigenvalue weighted by Crippen LogP contribution is -2.43. The number of amidine groups is 1. The quantitative estimate of drug-likeness (QED) is 0.177. The highest BCUT2D eigenvalue weighted by atomic mass is 31.2. The van der Waals surface area contributed by atoms with Gasteiger partial charge in [0.15, 0.2) is 0 Å². The molecule has 0 aliphatic carbocycles. The highest BCUT2D eigenvalue weighted by molar-refractivity contribution is 7.53. The van der Waals surface area contributed by atoms with Crippen molar-refractivity contribution < 1.29 is 18.3 Å². The van der Waals surface area contributed by atoms with Crippen LogP contribution in [0.1, 0.15) is 33.3 Å². The van der Waals surface area contributed by atoms with E-state index in [4.69, 9.17) is 18.5 Å². The molecule has 3 aromatic carbocycles. The molecule has 0 radical (unpaired) electrons. The van der Waals surface area contributed by atoms with Crippen LogP contribution in [0.3, 0.4) is 0 Å². The summed E-state index contributed by atoms with van der Waals surface area (Å²) in [5.74, 6) is 2.26. The molecular formula is C27H33N2O4P. The van der Waals surface area contributed by atoms with Gasteiger partial charge in [0.1, 0.15) is 23.1 Å². The zero-order chi connectivity index (χ0) is 24.6. The molecule has 6 nitrogen and oxygen atoms in total. The van der Waals surface area contributed by atoms with Crippen LogP contribution >= 0.6 is 7.75 Å². The van der Waals surface area contributed by atoms with Gasteiger partial charge in [0.2, 0.25) is 0 Å².